The van der Waals surface area contributed by atoms with Crippen molar-refractivity contribution in [2.45, 2.75) is 12.8 Å². The summed E-state index contributed by atoms with van der Waals surface area (Å²) in [6.45, 7) is 4.33. The Balaban J connectivity index is 2.59. The summed E-state index contributed by atoms with van der Waals surface area (Å²) >= 11 is 5.80. The van der Waals surface area contributed by atoms with Crippen LogP contribution in [0.2, 0.25) is 5.02 Å². The van der Waals surface area contributed by atoms with Crippen molar-refractivity contribution in [3.8, 4) is 0 Å². The molecular weight excluding hydrogens is 224 g/mol. The van der Waals surface area contributed by atoms with Crippen LogP contribution in [-0.2, 0) is 0 Å². The zero-order chi connectivity index (χ0) is 12.0. The summed E-state index contributed by atoms with van der Waals surface area (Å²) in [4.78, 5) is 17.5. The minimum atomic E-state index is -0.105. The molecule has 0 atom stereocenters. The van der Waals surface area contributed by atoms with Gasteiger partial charge in [-0.1, -0.05) is 17.7 Å². The fourth-order valence-electron chi connectivity index (χ4n) is 1.29. The average molecular weight is 239 g/mol. The van der Waals surface area contributed by atoms with Crippen LogP contribution in [0.3, 0.4) is 0 Å². The maximum atomic E-state index is 11.9. The third-order valence-electron chi connectivity index (χ3n) is 2.19. The number of pyridine rings is 1. The smallest absolute Gasteiger partial charge is 0.272 e. The highest BCUT2D eigenvalue weighted by Crippen LogP contribution is 2.09. The van der Waals surface area contributed by atoms with Crippen molar-refractivity contribution < 1.29 is 4.79 Å². The van der Waals surface area contributed by atoms with Gasteiger partial charge < -0.3 is 4.90 Å². The number of carbonyl (C=O) groups is 1. The standard InChI is InChI=1S/C12H15ClN2O/c1-3-4-5-8-15(2)12(16)11-9-10(13)6-7-14-11/h3,6-7,9H,1,4-5,8H2,2H3. The molecule has 86 valence electrons. The number of nitrogens with zero attached hydrogens (tertiary/aromatic N) is 2. The number of aromatic nitrogens is 1. The summed E-state index contributed by atoms with van der Waals surface area (Å²) in [5.41, 5.74) is 0.383. The Morgan fingerprint density at radius 2 is 2.44 bits per heavy atom. The van der Waals surface area contributed by atoms with E-state index in [1.807, 2.05) is 6.08 Å². The quantitative estimate of drug-likeness (QED) is 0.584. The van der Waals surface area contributed by atoms with Gasteiger partial charge in [0.15, 0.2) is 0 Å². The van der Waals surface area contributed by atoms with Gasteiger partial charge in [0.05, 0.1) is 0 Å². The van der Waals surface area contributed by atoms with Gasteiger partial charge in [0.1, 0.15) is 5.69 Å². The number of allylic oxidation sites excluding steroid dienone is 1. The third-order valence-corrected chi connectivity index (χ3v) is 2.42. The molecule has 1 rings (SSSR count). The maximum absolute atomic E-state index is 11.9. The highest BCUT2D eigenvalue weighted by Gasteiger charge is 2.12. The predicted octanol–water partition coefficient (Wildman–Crippen LogP) is 2.77. The molecule has 0 aliphatic heterocycles. The van der Waals surface area contributed by atoms with Gasteiger partial charge in [-0.05, 0) is 25.0 Å². The van der Waals surface area contributed by atoms with Gasteiger partial charge in [-0.3, -0.25) is 9.78 Å². The van der Waals surface area contributed by atoms with Crippen molar-refractivity contribution in [3.05, 3.63) is 41.7 Å². The van der Waals surface area contributed by atoms with Gasteiger partial charge in [-0.25, -0.2) is 0 Å². The number of unbranched alkanes of at least 4 members (excludes halogenated alkanes) is 1. The molecule has 0 aromatic carbocycles. The summed E-state index contributed by atoms with van der Waals surface area (Å²) < 4.78 is 0. The molecule has 0 saturated heterocycles. The first-order valence-corrected chi connectivity index (χ1v) is 5.51. The lowest BCUT2D eigenvalue weighted by Gasteiger charge is -2.15. The molecule has 0 saturated carbocycles. The van der Waals surface area contributed by atoms with Crippen molar-refractivity contribution in [3.63, 3.8) is 0 Å². The van der Waals surface area contributed by atoms with E-state index in [9.17, 15) is 4.79 Å². The van der Waals surface area contributed by atoms with E-state index in [1.165, 1.54) is 6.20 Å². The molecule has 1 heterocycles. The maximum Gasteiger partial charge on any atom is 0.272 e. The van der Waals surface area contributed by atoms with Gasteiger partial charge in [-0.2, -0.15) is 0 Å². The topological polar surface area (TPSA) is 33.2 Å². The Labute approximate surface area is 101 Å². The summed E-state index contributed by atoms with van der Waals surface area (Å²) in [5.74, 6) is -0.105. The zero-order valence-electron chi connectivity index (χ0n) is 9.32. The molecule has 0 unspecified atom stereocenters. The predicted molar refractivity (Wildman–Crippen MR) is 65.6 cm³/mol. The number of rotatable bonds is 5. The summed E-state index contributed by atoms with van der Waals surface area (Å²) in [7, 11) is 1.76. The van der Waals surface area contributed by atoms with Gasteiger partial charge in [0, 0.05) is 24.8 Å². The molecule has 1 amide bonds. The van der Waals surface area contributed by atoms with E-state index >= 15 is 0 Å². The lowest BCUT2D eigenvalue weighted by Crippen LogP contribution is -2.28. The Hall–Kier alpha value is -1.35. The molecule has 0 radical (unpaired) electrons. The number of halogens is 1. The molecule has 0 aliphatic carbocycles. The minimum Gasteiger partial charge on any atom is -0.340 e. The molecule has 4 heteroatoms. The summed E-state index contributed by atoms with van der Waals surface area (Å²) in [6.07, 6.45) is 5.19. The second-order valence-electron chi connectivity index (χ2n) is 3.52. The summed E-state index contributed by atoms with van der Waals surface area (Å²) in [6, 6.07) is 3.23. The third kappa shape index (κ3) is 3.66. The van der Waals surface area contributed by atoms with Crippen molar-refractivity contribution in [1.82, 2.24) is 9.88 Å². The fourth-order valence-corrected chi connectivity index (χ4v) is 1.45. The van der Waals surface area contributed by atoms with Crippen LogP contribution in [0, 0.1) is 0 Å². The second-order valence-corrected chi connectivity index (χ2v) is 3.95. The molecule has 16 heavy (non-hydrogen) atoms. The zero-order valence-corrected chi connectivity index (χ0v) is 10.1. The molecule has 3 nitrogen and oxygen atoms in total. The molecule has 0 aliphatic rings. The Bertz CT molecular complexity index is 379. The van der Waals surface area contributed by atoms with Gasteiger partial charge >= 0.3 is 0 Å². The Kier molecular flexibility index (Phi) is 4.99. The van der Waals surface area contributed by atoms with Crippen LogP contribution in [0.5, 0.6) is 0 Å². The fraction of sp³-hybridized carbons (Fsp3) is 0.333. The van der Waals surface area contributed by atoms with Crippen LogP contribution >= 0.6 is 11.6 Å². The van der Waals surface area contributed by atoms with E-state index in [2.05, 4.69) is 11.6 Å². The molecule has 1 aromatic rings. The van der Waals surface area contributed by atoms with Gasteiger partial charge in [-0.15, -0.1) is 6.58 Å². The lowest BCUT2D eigenvalue weighted by molar-refractivity contribution is 0.0788. The van der Waals surface area contributed by atoms with E-state index in [0.29, 0.717) is 17.3 Å². The number of hydrogen-bond acceptors (Lipinski definition) is 2. The highest BCUT2D eigenvalue weighted by molar-refractivity contribution is 6.30. The van der Waals surface area contributed by atoms with E-state index < -0.39 is 0 Å². The number of hydrogen-bond donors (Lipinski definition) is 0. The molecule has 0 N–H and O–H groups in total. The molecule has 1 aromatic heterocycles. The normalized spacial score (nSPS) is 9.88. The molecular formula is C12H15ClN2O. The number of carbonyl (C=O) groups excluding carboxylic acids is 1. The van der Waals surface area contributed by atoms with Gasteiger partial charge in [0.2, 0.25) is 0 Å². The van der Waals surface area contributed by atoms with Crippen LogP contribution in [0.4, 0.5) is 0 Å². The van der Waals surface area contributed by atoms with Crippen molar-refractivity contribution in [2.24, 2.45) is 0 Å². The molecule has 0 fully saturated rings. The second kappa shape index (κ2) is 6.28. The first-order chi connectivity index (χ1) is 7.65. The largest absolute Gasteiger partial charge is 0.340 e. The SMILES string of the molecule is C=CCCCN(C)C(=O)c1cc(Cl)ccn1. The number of amides is 1. The van der Waals surface area contributed by atoms with Crippen LogP contribution in [0.1, 0.15) is 23.3 Å². The Morgan fingerprint density at radius 3 is 3.06 bits per heavy atom. The van der Waals surface area contributed by atoms with Gasteiger partial charge in [0.25, 0.3) is 5.91 Å². The van der Waals surface area contributed by atoms with E-state index in [-0.39, 0.29) is 5.91 Å². The first-order valence-electron chi connectivity index (χ1n) is 5.13. The molecule has 0 bridgehead atoms. The lowest BCUT2D eigenvalue weighted by atomic mass is 10.2. The Morgan fingerprint density at radius 1 is 1.69 bits per heavy atom. The van der Waals surface area contributed by atoms with Crippen LogP contribution in [-0.4, -0.2) is 29.4 Å². The van der Waals surface area contributed by atoms with E-state index in [0.717, 1.165) is 12.8 Å². The van der Waals surface area contributed by atoms with Crippen molar-refractivity contribution >= 4 is 17.5 Å². The van der Waals surface area contributed by atoms with Crippen LogP contribution in [0.15, 0.2) is 31.0 Å². The van der Waals surface area contributed by atoms with E-state index in [1.54, 1.807) is 24.1 Å². The van der Waals surface area contributed by atoms with Crippen LogP contribution in [0.25, 0.3) is 0 Å². The van der Waals surface area contributed by atoms with Crippen LogP contribution < -0.4 is 0 Å². The highest BCUT2D eigenvalue weighted by atomic mass is 35.5. The summed E-state index contributed by atoms with van der Waals surface area (Å²) in [5, 5.41) is 0.526. The van der Waals surface area contributed by atoms with E-state index in [4.69, 9.17) is 11.6 Å². The minimum absolute atomic E-state index is 0.105. The average Bonchev–Trinajstić information content (AvgIpc) is 2.28. The molecule has 0 spiro atoms. The van der Waals surface area contributed by atoms with Crippen molar-refractivity contribution in [1.29, 1.82) is 0 Å². The monoisotopic (exact) mass is 238 g/mol. The van der Waals surface area contributed by atoms with Crippen molar-refractivity contribution in [2.75, 3.05) is 13.6 Å². The first kappa shape index (κ1) is 12.7.